The number of nitrogens with two attached hydrogens (primary N) is 1. The lowest BCUT2D eigenvalue weighted by Crippen LogP contribution is -2.09. The highest BCUT2D eigenvalue weighted by Crippen LogP contribution is 2.22. The molecule has 2 rings (SSSR count). The number of rotatable bonds is 4. The molecule has 1 heterocycles. The zero-order valence-electron chi connectivity index (χ0n) is 10.8. The van der Waals surface area contributed by atoms with E-state index in [0.29, 0.717) is 18.1 Å². The topological polar surface area (TPSA) is 74.2 Å². The Labute approximate surface area is 106 Å². The third kappa shape index (κ3) is 2.68. The van der Waals surface area contributed by atoms with Crippen LogP contribution in [0.4, 0.5) is 5.69 Å². The summed E-state index contributed by atoms with van der Waals surface area (Å²) in [7, 11) is 1.66. The molecule has 0 amide bonds. The number of hydrogen-bond donors (Lipinski definition) is 1. The van der Waals surface area contributed by atoms with Crippen molar-refractivity contribution in [1.29, 1.82) is 0 Å². The Hall–Kier alpha value is -1.88. The van der Waals surface area contributed by atoms with Crippen LogP contribution in [0.15, 0.2) is 22.7 Å². The van der Waals surface area contributed by atoms with E-state index in [0.717, 1.165) is 16.8 Å². The van der Waals surface area contributed by atoms with Crippen molar-refractivity contribution in [3.05, 3.63) is 29.6 Å². The lowest BCUT2D eigenvalue weighted by Gasteiger charge is -2.04. The van der Waals surface area contributed by atoms with Crippen LogP contribution in [-0.2, 0) is 11.2 Å². The third-order valence-corrected chi connectivity index (χ3v) is 2.86. The number of methoxy groups -OCH3 is 1. The van der Waals surface area contributed by atoms with Gasteiger partial charge in [-0.15, -0.1) is 0 Å². The lowest BCUT2D eigenvalue weighted by molar-refractivity contribution is 0.116. The molecule has 0 aliphatic carbocycles. The highest BCUT2D eigenvalue weighted by Gasteiger charge is 2.12. The Balaban J connectivity index is 2.21. The predicted molar refractivity (Wildman–Crippen MR) is 69.1 cm³/mol. The zero-order chi connectivity index (χ0) is 13.1. The van der Waals surface area contributed by atoms with Crippen molar-refractivity contribution < 1.29 is 9.26 Å². The molecule has 0 bridgehead atoms. The van der Waals surface area contributed by atoms with Gasteiger partial charge in [0.2, 0.25) is 0 Å². The minimum Gasteiger partial charge on any atom is -0.399 e. The van der Waals surface area contributed by atoms with Gasteiger partial charge in [0.05, 0.1) is 6.10 Å². The average Bonchev–Trinajstić information content (AvgIpc) is 2.81. The fourth-order valence-electron chi connectivity index (χ4n) is 1.60. The molecule has 0 fully saturated rings. The van der Waals surface area contributed by atoms with E-state index in [4.69, 9.17) is 15.0 Å². The summed E-state index contributed by atoms with van der Waals surface area (Å²) < 4.78 is 10.4. The Morgan fingerprint density at radius 2 is 2.22 bits per heavy atom. The van der Waals surface area contributed by atoms with Crippen LogP contribution >= 0.6 is 0 Å². The van der Waals surface area contributed by atoms with Gasteiger partial charge in [0.15, 0.2) is 5.82 Å². The number of ether oxygens (including phenoxy) is 1. The first-order valence-corrected chi connectivity index (χ1v) is 5.82. The van der Waals surface area contributed by atoms with E-state index in [1.165, 1.54) is 0 Å². The van der Waals surface area contributed by atoms with E-state index in [9.17, 15) is 0 Å². The van der Waals surface area contributed by atoms with Crippen LogP contribution in [0.5, 0.6) is 0 Å². The molecule has 18 heavy (non-hydrogen) atoms. The van der Waals surface area contributed by atoms with Crippen LogP contribution in [0, 0.1) is 6.92 Å². The summed E-state index contributed by atoms with van der Waals surface area (Å²) >= 11 is 0. The molecule has 2 aromatic rings. The van der Waals surface area contributed by atoms with Crippen molar-refractivity contribution in [2.45, 2.75) is 26.4 Å². The molecule has 0 saturated carbocycles. The third-order valence-electron chi connectivity index (χ3n) is 2.86. The summed E-state index contributed by atoms with van der Waals surface area (Å²) in [6.45, 7) is 3.91. The van der Waals surface area contributed by atoms with E-state index >= 15 is 0 Å². The number of nitrogen functional groups attached to an aromatic ring is 1. The van der Waals surface area contributed by atoms with Crippen molar-refractivity contribution in [1.82, 2.24) is 10.1 Å². The van der Waals surface area contributed by atoms with Gasteiger partial charge in [0.25, 0.3) is 5.89 Å². The number of aromatic nitrogens is 2. The molecule has 1 aromatic heterocycles. The molecule has 0 aliphatic rings. The highest BCUT2D eigenvalue weighted by molar-refractivity contribution is 5.60. The average molecular weight is 247 g/mol. The largest absolute Gasteiger partial charge is 0.399 e. The summed E-state index contributed by atoms with van der Waals surface area (Å²) in [5.74, 6) is 1.16. The maximum absolute atomic E-state index is 5.77. The molecule has 5 nitrogen and oxygen atoms in total. The lowest BCUT2D eigenvalue weighted by atomic mass is 10.1. The van der Waals surface area contributed by atoms with E-state index < -0.39 is 0 Å². The molecule has 1 unspecified atom stereocenters. The summed E-state index contributed by atoms with van der Waals surface area (Å²) in [5.41, 5.74) is 8.41. The first-order valence-electron chi connectivity index (χ1n) is 5.82. The van der Waals surface area contributed by atoms with Gasteiger partial charge in [0, 0.05) is 24.8 Å². The van der Waals surface area contributed by atoms with Crippen LogP contribution in [0.1, 0.15) is 18.3 Å². The predicted octanol–water partition coefficient (Wildman–Crippen LogP) is 2.20. The highest BCUT2D eigenvalue weighted by atomic mass is 16.5. The summed E-state index contributed by atoms with van der Waals surface area (Å²) in [4.78, 5) is 4.34. The van der Waals surface area contributed by atoms with Crippen LogP contribution in [0.3, 0.4) is 0 Å². The monoisotopic (exact) mass is 247 g/mol. The van der Waals surface area contributed by atoms with Crippen LogP contribution < -0.4 is 5.73 Å². The fraction of sp³-hybridized carbons (Fsp3) is 0.385. The molecule has 0 radical (unpaired) electrons. The molecule has 0 saturated heterocycles. The first kappa shape index (κ1) is 12.6. The summed E-state index contributed by atoms with van der Waals surface area (Å²) in [6.07, 6.45) is 0.706. The van der Waals surface area contributed by atoms with Crippen molar-refractivity contribution in [3.8, 4) is 11.5 Å². The van der Waals surface area contributed by atoms with Crippen LogP contribution in [-0.4, -0.2) is 23.4 Å². The second-order valence-electron chi connectivity index (χ2n) is 4.34. The Morgan fingerprint density at radius 3 is 2.89 bits per heavy atom. The molecule has 2 N–H and O–H groups in total. The maximum Gasteiger partial charge on any atom is 0.257 e. The minimum atomic E-state index is 0.0728. The van der Waals surface area contributed by atoms with Gasteiger partial charge >= 0.3 is 0 Å². The Morgan fingerprint density at radius 1 is 1.44 bits per heavy atom. The van der Waals surface area contributed by atoms with Gasteiger partial charge in [-0.25, -0.2) is 0 Å². The van der Waals surface area contributed by atoms with Crippen molar-refractivity contribution in [2.24, 2.45) is 0 Å². The van der Waals surface area contributed by atoms with Crippen molar-refractivity contribution >= 4 is 5.69 Å². The number of nitrogens with zero attached hydrogens (tertiary/aromatic N) is 2. The number of anilines is 1. The summed E-state index contributed by atoms with van der Waals surface area (Å²) in [6, 6.07) is 5.65. The SMILES string of the molecule is COC(C)Cc1noc(-c2ccc(N)c(C)c2)n1. The molecular weight excluding hydrogens is 230 g/mol. The normalized spacial score (nSPS) is 12.6. The molecular formula is C13H17N3O2. The van der Waals surface area contributed by atoms with Crippen LogP contribution in [0.2, 0.25) is 0 Å². The fourth-order valence-corrected chi connectivity index (χ4v) is 1.60. The second-order valence-corrected chi connectivity index (χ2v) is 4.34. The number of hydrogen-bond acceptors (Lipinski definition) is 5. The van der Waals surface area contributed by atoms with Gasteiger partial charge in [-0.05, 0) is 37.6 Å². The molecule has 0 spiro atoms. The second kappa shape index (κ2) is 5.18. The van der Waals surface area contributed by atoms with Crippen molar-refractivity contribution in [3.63, 3.8) is 0 Å². The van der Waals surface area contributed by atoms with Gasteiger partial charge in [-0.1, -0.05) is 5.16 Å². The van der Waals surface area contributed by atoms with Gasteiger partial charge in [-0.3, -0.25) is 0 Å². The van der Waals surface area contributed by atoms with Crippen molar-refractivity contribution in [2.75, 3.05) is 12.8 Å². The first-order chi connectivity index (χ1) is 8.60. The molecule has 1 aromatic carbocycles. The Bertz CT molecular complexity index is 537. The maximum atomic E-state index is 5.77. The minimum absolute atomic E-state index is 0.0728. The van der Waals surface area contributed by atoms with Gasteiger partial charge in [0.1, 0.15) is 0 Å². The molecule has 1 atom stereocenters. The van der Waals surface area contributed by atoms with E-state index in [2.05, 4.69) is 10.1 Å². The Kier molecular flexibility index (Phi) is 3.62. The molecule has 0 aliphatic heterocycles. The smallest absolute Gasteiger partial charge is 0.257 e. The zero-order valence-corrected chi connectivity index (χ0v) is 10.8. The molecule has 96 valence electrons. The quantitative estimate of drug-likeness (QED) is 0.838. The van der Waals surface area contributed by atoms with Gasteiger partial charge in [-0.2, -0.15) is 4.98 Å². The number of aryl methyl sites for hydroxylation is 1. The summed E-state index contributed by atoms with van der Waals surface area (Å²) in [5, 5.41) is 3.94. The van der Waals surface area contributed by atoms with E-state index in [1.54, 1.807) is 7.11 Å². The molecule has 5 heteroatoms. The van der Waals surface area contributed by atoms with E-state index in [1.807, 2.05) is 32.0 Å². The standard InChI is InChI=1S/C13H17N3O2/c1-8-6-10(4-5-11(8)14)13-15-12(16-18-13)7-9(2)17-3/h4-6,9H,7,14H2,1-3H3. The van der Waals surface area contributed by atoms with Crippen LogP contribution in [0.25, 0.3) is 11.5 Å². The number of benzene rings is 1. The van der Waals surface area contributed by atoms with Gasteiger partial charge < -0.3 is 15.0 Å². The van der Waals surface area contributed by atoms with E-state index in [-0.39, 0.29) is 6.10 Å².